The molecule has 4 heteroatoms. The van der Waals surface area contributed by atoms with E-state index < -0.39 is 16.8 Å². The van der Waals surface area contributed by atoms with Crippen molar-refractivity contribution in [2.75, 3.05) is 7.11 Å². The number of methoxy groups -OCH3 is 1. The Bertz CT molecular complexity index is 295. The number of carbonyl (C=O) groups is 2. The van der Waals surface area contributed by atoms with Crippen LogP contribution in [0.5, 0.6) is 0 Å². The lowest BCUT2D eigenvalue weighted by Crippen LogP contribution is -2.49. The highest BCUT2D eigenvalue weighted by atomic mass is 16.5. The molecule has 2 atom stereocenters. The van der Waals surface area contributed by atoms with Gasteiger partial charge in [0.2, 0.25) is 0 Å². The van der Waals surface area contributed by atoms with Gasteiger partial charge < -0.3 is 14.6 Å². The van der Waals surface area contributed by atoms with Crippen LogP contribution in [-0.4, -0.2) is 19.0 Å². The summed E-state index contributed by atoms with van der Waals surface area (Å²) in [6.07, 6.45) is 1.01. The van der Waals surface area contributed by atoms with E-state index in [4.69, 9.17) is 4.74 Å². The van der Waals surface area contributed by atoms with Crippen LogP contribution in [0.4, 0.5) is 0 Å². The van der Waals surface area contributed by atoms with E-state index in [0.717, 1.165) is 0 Å². The number of aliphatic carboxylic acids is 1. The van der Waals surface area contributed by atoms with Gasteiger partial charge in [-0.1, -0.05) is 20.8 Å². The Hall–Kier alpha value is -1.06. The van der Waals surface area contributed by atoms with Crippen molar-refractivity contribution < 1.29 is 19.4 Å². The van der Waals surface area contributed by atoms with E-state index in [1.807, 2.05) is 0 Å². The van der Waals surface area contributed by atoms with E-state index in [1.165, 1.54) is 7.11 Å². The molecule has 0 aromatic heterocycles. The number of ether oxygens (including phenoxy) is 1. The lowest BCUT2D eigenvalue weighted by Gasteiger charge is -2.41. The Balaban J connectivity index is 3.04. The van der Waals surface area contributed by atoms with Gasteiger partial charge in [0, 0.05) is 11.4 Å². The van der Waals surface area contributed by atoms with E-state index in [0.29, 0.717) is 12.8 Å². The van der Waals surface area contributed by atoms with Crippen LogP contribution in [0.3, 0.4) is 0 Å². The molecule has 0 bridgehead atoms. The zero-order valence-corrected chi connectivity index (χ0v) is 9.62. The first kappa shape index (κ1) is 12.0. The highest BCUT2D eigenvalue weighted by molar-refractivity contribution is 5.79. The molecule has 0 aromatic carbocycles. The fourth-order valence-corrected chi connectivity index (χ4v) is 2.42. The van der Waals surface area contributed by atoms with Crippen molar-refractivity contribution in [2.24, 2.45) is 16.7 Å². The second-order valence-electron chi connectivity index (χ2n) is 4.96. The summed E-state index contributed by atoms with van der Waals surface area (Å²) in [6, 6.07) is 0. The van der Waals surface area contributed by atoms with Gasteiger partial charge >= 0.3 is 5.97 Å². The molecule has 0 saturated heterocycles. The quantitative estimate of drug-likeness (QED) is 0.621. The molecule has 86 valence electrons. The summed E-state index contributed by atoms with van der Waals surface area (Å²) in [7, 11) is 1.33. The minimum Gasteiger partial charge on any atom is -0.550 e. The SMILES string of the molecule is COC(=O)[C@H]1CC[C@@](C)(C(=O)[O-])C1(C)C. The number of hydrogen-bond donors (Lipinski definition) is 0. The van der Waals surface area contributed by atoms with Crippen molar-refractivity contribution in [1.82, 2.24) is 0 Å². The van der Waals surface area contributed by atoms with Crippen LogP contribution < -0.4 is 5.11 Å². The highest BCUT2D eigenvalue weighted by Gasteiger charge is 2.55. The van der Waals surface area contributed by atoms with Gasteiger partial charge in [-0.3, -0.25) is 4.79 Å². The van der Waals surface area contributed by atoms with Gasteiger partial charge in [0.15, 0.2) is 0 Å². The van der Waals surface area contributed by atoms with Crippen molar-refractivity contribution in [2.45, 2.75) is 33.6 Å². The smallest absolute Gasteiger partial charge is 0.309 e. The summed E-state index contributed by atoms with van der Waals surface area (Å²) in [4.78, 5) is 22.6. The molecule has 1 aliphatic carbocycles. The van der Waals surface area contributed by atoms with E-state index in [9.17, 15) is 14.7 Å². The van der Waals surface area contributed by atoms with Crippen molar-refractivity contribution in [1.29, 1.82) is 0 Å². The summed E-state index contributed by atoms with van der Waals surface area (Å²) in [6.45, 7) is 5.22. The number of hydrogen-bond acceptors (Lipinski definition) is 4. The summed E-state index contributed by atoms with van der Waals surface area (Å²) < 4.78 is 4.69. The van der Waals surface area contributed by atoms with Crippen LogP contribution in [-0.2, 0) is 14.3 Å². The van der Waals surface area contributed by atoms with Crippen LogP contribution in [0.1, 0.15) is 33.6 Å². The number of carbonyl (C=O) groups excluding carboxylic acids is 2. The fraction of sp³-hybridized carbons (Fsp3) is 0.818. The summed E-state index contributed by atoms with van der Waals surface area (Å²) in [5.74, 6) is -1.77. The third kappa shape index (κ3) is 1.52. The van der Waals surface area contributed by atoms with Crippen LogP contribution in [0.2, 0.25) is 0 Å². The van der Waals surface area contributed by atoms with Crippen molar-refractivity contribution in [3.63, 3.8) is 0 Å². The molecular formula is C11H17O4-. The van der Waals surface area contributed by atoms with Gasteiger partial charge in [-0.05, 0) is 18.3 Å². The van der Waals surface area contributed by atoms with E-state index in [-0.39, 0.29) is 11.9 Å². The molecule has 0 radical (unpaired) electrons. The molecule has 1 aliphatic rings. The average molecular weight is 213 g/mol. The normalized spacial score (nSPS) is 33.7. The molecule has 15 heavy (non-hydrogen) atoms. The predicted molar refractivity (Wildman–Crippen MR) is 51.6 cm³/mol. The lowest BCUT2D eigenvalue weighted by molar-refractivity contribution is -0.323. The molecule has 0 unspecified atom stereocenters. The Morgan fingerprint density at radius 2 is 1.87 bits per heavy atom. The van der Waals surface area contributed by atoms with Crippen LogP contribution >= 0.6 is 0 Å². The molecule has 0 heterocycles. The van der Waals surface area contributed by atoms with Gasteiger partial charge in [0.1, 0.15) is 0 Å². The Morgan fingerprint density at radius 3 is 2.20 bits per heavy atom. The molecule has 0 aliphatic heterocycles. The minimum absolute atomic E-state index is 0.329. The summed E-state index contributed by atoms with van der Waals surface area (Å²) in [5.41, 5.74) is -1.58. The fourth-order valence-electron chi connectivity index (χ4n) is 2.42. The maximum Gasteiger partial charge on any atom is 0.309 e. The zero-order chi connectivity index (χ0) is 11.9. The molecular weight excluding hydrogens is 196 g/mol. The van der Waals surface area contributed by atoms with Crippen molar-refractivity contribution >= 4 is 11.9 Å². The Morgan fingerprint density at radius 1 is 1.33 bits per heavy atom. The molecule has 1 saturated carbocycles. The van der Waals surface area contributed by atoms with Crippen LogP contribution in [0, 0.1) is 16.7 Å². The Labute approximate surface area is 89.6 Å². The summed E-state index contributed by atoms with van der Waals surface area (Å²) in [5, 5.41) is 11.1. The number of rotatable bonds is 2. The molecule has 0 amide bonds. The minimum atomic E-state index is -1.08. The number of carboxylic acid groups (broad SMARTS) is 1. The first-order valence-electron chi connectivity index (χ1n) is 5.06. The second-order valence-corrected chi connectivity index (χ2v) is 4.96. The number of carboxylic acids is 1. The first-order chi connectivity index (χ1) is 6.77. The van der Waals surface area contributed by atoms with E-state index >= 15 is 0 Å². The van der Waals surface area contributed by atoms with Gasteiger partial charge in [-0.15, -0.1) is 0 Å². The van der Waals surface area contributed by atoms with Crippen LogP contribution in [0.15, 0.2) is 0 Å². The lowest BCUT2D eigenvalue weighted by atomic mass is 9.66. The van der Waals surface area contributed by atoms with Crippen molar-refractivity contribution in [3.05, 3.63) is 0 Å². The van der Waals surface area contributed by atoms with Gasteiger partial charge in [0.25, 0.3) is 0 Å². The molecule has 1 rings (SSSR count). The maximum atomic E-state index is 11.5. The molecule has 1 fully saturated rings. The monoisotopic (exact) mass is 213 g/mol. The number of esters is 1. The Kier molecular flexibility index (Phi) is 2.81. The second kappa shape index (κ2) is 3.51. The van der Waals surface area contributed by atoms with Gasteiger partial charge in [0.05, 0.1) is 13.0 Å². The average Bonchev–Trinajstić information content (AvgIpc) is 2.39. The predicted octanol–water partition coefficient (Wildman–Crippen LogP) is 0.352. The zero-order valence-electron chi connectivity index (χ0n) is 9.62. The summed E-state index contributed by atoms with van der Waals surface area (Å²) >= 11 is 0. The van der Waals surface area contributed by atoms with E-state index in [1.54, 1.807) is 20.8 Å². The van der Waals surface area contributed by atoms with Crippen LogP contribution in [0.25, 0.3) is 0 Å². The standard InChI is InChI=1S/C11H18O4/c1-10(2)7(8(12)15-4)5-6-11(10,3)9(13)14/h7H,5-6H2,1-4H3,(H,13,14)/p-1/t7-,11+/m1/s1. The maximum absolute atomic E-state index is 11.5. The molecule has 4 nitrogen and oxygen atoms in total. The van der Waals surface area contributed by atoms with E-state index in [2.05, 4.69) is 0 Å². The van der Waals surface area contributed by atoms with Gasteiger partial charge in [-0.25, -0.2) is 0 Å². The topological polar surface area (TPSA) is 66.4 Å². The van der Waals surface area contributed by atoms with Gasteiger partial charge in [-0.2, -0.15) is 0 Å². The molecule has 0 aromatic rings. The highest BCUT2D eigenvalue weighted by Crippen LogP contribution is 2.55. The third-order valence-electron chi connectivity index (χ3n) is 4.16. The largest absolute Gasteiger partial charge is 0.550 e. The van der Waals surface area contributed by atoms with Crippen molar-refractivity contribution in [3.8, 4) is 0 Å². The molecule has 0 N–H and O–H groups in total. The molecule has 0 spiro atoms. The first-order valence-corrected chi connectivity index (χ1v) is 5.06. The third-order valence-corrected chi connectivity index (χ3v) is 4.16.